The van der Waals surface area contributed by atoms with E-state index >= 15 is 0 Å². The van der Waals surface area contributed by atoms with E-state index in [4.69, 9.17) is 9.47 Å². The first-order chi connectivity index (χ1) is 15.1. The number of rotatable bonds is 8. The highest BCUT2D eigenvalue weighted by Gasteiger charge is 2.40. The van der Waals surface area contributed by atoms with E-state index in [9.17, 15) is 13.2 Å². The van der Waals surface area contributed by atoms with E-state index in [0.717, 1.165) is 34.7 Å². The molecule has 32 heavy (non-hydrogen) atoms. The lowest BCUT2D eigenvalue weighted by Gasteiger charge is -2.42. The normalized spacial score (nSPS) is 18.1. The van der Waals surface area contributed by atoms with E-state index < -0.39 is 16.1 Å². The number of anilines is 1. The maximum atomic E-state index is 13.3. The van der Waals surface area contributed by atoms with Crippen LogP contribution in [0.15, 0.2) is 48.5 Å². The number of carbonyl (C=O) groups is 1. The van der Waals surface area contributed by atoms with Gasteiger partial charge in [0.2, 0.25) is 15.9 Å². The summed E-state index contributed by atoms with van der Waals surface area (Å²) in [6.07, 6.45) is 3.34. The van der Waals surface area contributed by atoms with Gasteiger partial charge in [0.1, 0.15) is 23.1 Å². The summed E-state index contributed by atoms with van der Waals surface area (Å²) in [7, 11) is -2.17. The van der Waals surface area contributed by atoms with Crippen LogP contribution >= 0.6 is 0 Å². The van der Waals surface area contributed by atoms with Crippen LogP contribution in [0.25, 0.3) is 0 Å². The molecule has 0 aromatic heterocycles. The largest absolute Gasteiger partial charge is 0.497 e. The van der Waals surface area contributed by atoms with Gasteiger partial charge < -0.3 is 14.8 Å². The fraction of sp³-hybridized carbons (Fsp3) is 0.458. The average Bonchev–Trinajstić information content (AvgIpc) is 2.78. The highest BCUT2D eigenvalue weighted by atomic mass is 32.2. The molecule has 0 aliphatic carbocycles. The number of nitrogens with zero attached hydrogens (tertiary/aromatic N) is 1. The Morgan fingerprint density at radius 3 is 2.38 bits per heavy atom. The summed E-state index contributed by atoms with van der Waals surface area (Å²) in [5.74, 6) is 0.998. The highest BCUT2D eigenvalue weighted by molar-refractivity contribution is 7.92. The lowest BCUT2D eigenvalue weighted by Crippen LogP contribution is -2.51. The molecule has 0 unspecified atom stereocenters. The van der Waals surface area contributed by atoms with Crippen LogP contribution in [-0.2, 0) is 14.8 Å². The fourth-order valence-electron chi connectivity index (χ4n) is 4.26. The predicted octanol–water partition coefficient (Wildman–Crippen LogP) is 4.05. The first kappa shape index (κ1) is 23.9. The minimum atomic E-state index is -3.71. The number of amides is 1. The molecule has 3 rings (SSSR count). The quantitative estimate of drug-likeness (QED) is 0.642. The van der Waals surface area contributed by atoms with Gasteiger partial charge in [-0.1, -0.05) is 32.0 Å². The maximum absolute atomic E-state index is 13.3. The molecule has 0 radical (unpaired) electrons. The zero-order valence-corrected chi connectivity index (χ0v) is 20.1. The van der Waals surface area contributed by atoms with E-state index in [1.54, 1.807) is 31.2 Å². The second-order valence-electron chi connectivity index (χ2n) is 8.23. The lowest BCUT2D eigenvalue weighted by molar-refractivity contribution is -0.123. The number of ether oxygens (including phenoxy) is 2. The van der Waals surface area contributed by atoms with E-state index in [2.05, 4.69) is 19.2 Å². The van der Waals surface area contributed by atoms with Crippen LogP contribution in [0.1, 0.15) is 51.6 Å². The number of methoxy groups -OCH3 is 1. The van der Waals surface area contributed by atoms with E-state index in [1.807, 2.05) is 24.3 Å². The van der Waals surface area contributed by atoms with Crippen molar-refractivity contribution in [1.82, 2.24) is 5.32 Å². The van der Waals surface area contributed by atoms with Gasteiger partial charge in [-0.2, -0.15) is 0 Å². The van der Waals surface area contributed by atoms with Gasteiger partial charge in [0.25, 0.3) is 0 Å². The van der Waals surface area contributed by atoms with Crippen LogP contribution in [0.5, 0.6) is 11.5 Å². The molecule has 0 bridgehead atoms. The molecule has 0 saturated heterocycles. The molecule has 0 spiro atoms. The van der Waals surface area contributed by atoms with Crippen LogP contribution in [0, 0.1) is 0 Å². The predicted molar refractivity (Wildman–Crippen MR) is 126 cm³/mol. The SMILES string of the molecule is CCC1(CC)C[C@@H](NC(=O)[C@@H](C)N(c2ccc(OC)cc2)S(C)(=O)=O)c2ccccc2O1. The second-order valence-corrected chi connectivity index (χ2v) is 10.1. The first-order valence-corrected chi connectivity index (χ1v) is 12.7. The topological polar surface area (TPSA) is 84.9 Å². The molecule has 2 aromatic rings. The van der Waals surface area contributed by atoms with Crippen molar-refractivity contribution in [3.05, 3.63) is 54.1 Å². The number of sulfonamides is 1. The van der Waals surface area contributed by atoms with Gasteiger partial charge >= 0.3 is 0 Å². The zero-order valence-electron chi connectivity index (χ0n) is 19.3. The third kappa shape index (κ3) is 4.85. The van der Waals surface area contributed by atoms with Gasteiger partial charge in [-0.15, -0.1) is 0 Å². The molecular formula is C24H32N2O5S. The van der Waals surface area contributed by atoms with Crippen LogP contribution in [0.4, 0.5) is 5.69 Å². The van der Waals surface area contributed by atoms with Crippen molar-refractivity contribution in [2.75, 3.05) is 17.7 Å². The van der Waals surface area contributed by atoms with Crippen molar-refractivity contribution in [2.24, 2.45) is 0 Å². The van der Waals surface area contributed by atoms with Gasteiger partial charge in [-0.25, -0.2) is 8.42 Å². The monoisotopic (exact) mass is 460 g/mol. The molecule has 2 atom stereocenters. The fourth-order valence-corrected chi connectivity index (χ4v) is 5.44. The standard InChI is InChI=1S/C24H32N2O5S/c1-6-24(7-2)16-21(20-10-8-9-11-22(20)31-24)25-23(27)17(3)26(32(5,28)29)18-12-14-19(30-4)15-13-18/h8-15,17,21H,6-7,16H2,1-5H3,(H,25,27)/t17-,21-/m1/s1. The molecule has 0 saturated carbocycles. The van der Waals surface area contributed by atoms with E-state index in [-0.39, 0.29) is 17.6 Å². The first-order valence-electron chi connectivity index (χ1n) is 10.9. The third-order valence-electron chi connectivity index (χ3n) is 6.22. The third-order valence-corrected chi connectivity index (χ3v) is 7.46. The average molecular weight is 461 g/mol. The summed E-state index contributed by atoms with van der Waals surface area (Å²) in [5.41, 5.74) is 0.933. The van der Waals surface area contributed by atoms with Crippen molar-refractivity contribution in [3.8, 4) is 11.5 Å². The summed E-state index contributed by atoms with van der Waals surface area (Å²) in [6.45, 7) is 5.75. The van der Waals surface area contributed by atoms with Gasteiger partial charge in [-0.05, 0) is 50.1 Å². The summed E-state index contributed by atoms with van der Waals surface area (Å²) < 4.78 is 37.8. The molecule has 1 aliphatic heterocycles. The highest BCUT2D eigenvalue weighted by Crippen LogP contribution is 2.42. The summed E-state index contributed by atoms with van der Waals surface area (Å²) in [4.78, 5) is 13.3. The number of hydrogen-bond donors (Lipinski definition) is 1. The van der Waals surface area contributed by atoms with Gasteiger partial charge in [-0.3, -0.25) is 9.10 Å². The Bertz CT molecular complexity index is 1050. The Hall–Kier alpha value is -2.74. The number of para-hydroxylation sites is 1. The minimum absolute atomic E-state index is 0.271. The Morgan fingerprint density at radius 1 is 1.19 bits per heavy atom. The molecule has 0 fully saturated rings. The van der Waals surface area contributed by atoms with Crippen molar-refractivity contribution >= 4 is 21.6 Å². The molecular weight excluding hydrogens is 428 g/mol. The van der Waals surface area contributed by atoms with Gasteiger partial charge in [0.05, 0.1) is 25.1 Å². The summed E-state index contributed by atoms with van der Waals surface area (Å²) in [6, 6.07) is 13.1. The summed E-state index contributed by atoms with van der Waals surface area (Å²) in [5, 5.41) is 3.09. The van der Waals surface area contributed by atoms with Gasteiger partial charge in [0, 0.05) is 12.0 Å². The molecule has 8 heteroatoms. The van der Waals surface area contributed by atoms with Crippen LogP contribution < -0.4 is 19.1 Å². The molecule has 1 N–H and O–H groups in total. The van der Waals surface area contributed by atoms with E-state index in [0.29, 0.717) is 17.9 Å². The second kappa shape index (κ2) is 9.40. The number of carbonyl (C=O) groups excluding carboxylic acids is 1. The molecule has 1 aliphatic rings. The molecule has 2 aromatic carbocycles. The lowest BCUT2D eigenvalue weighted by atomic mass is 9.83. The molecule has 1 amide bonds. The smallest absolute Gasteiger partial charge is 0.244 e. The van der Waals surface area contributed by atoms with Crippen molar-refractivity contribution in [3.63, 3.8) is 0 Å². The molecule has 7 nitrogen and oxygen atoms in total. The van der Waals surface area contributed by atoms with Gasteiger partial charge in [0.15, 0.2) is 0 Å². The Morgan fingerprint density at radius 2 is 1.81 bits per heavy atom. The van der Waals surface area contributed by atoms with Crippen LogP contribution in [0.3, 0.4) is 0 Å². The Labute approximate surface area is 190 Å². The Balaban J connectivity index is 1.90. The Kier molecular flexibility index (Phi) is 7.03. The van der Waals surface area contributed by atoms with E-state index in [1.165, 1.54) is 7.11 Å². The van der Waals surface area contributed by atoms with Crippen molar-refractivity contribution in [2.45, 2.75) is 57.7 Å². The van der Waals surface area contributed by atoms with Crippen LogP contribution in [-0.4, -0.2) is 39.3 Å². The zero-order chi connectivity index (χ0) is 23.5. The maximum Gasteiger partial charge on any atom is 0.244 e. The number of benzene rings is 2. The number of hydrogen-bond acceptors (Lipinski definition) is 5. The summed E-state index contributed by atoms with van der Waals surface area (Å²) >= 11 is 0. The number of fused-ring (bicyclic) bond motifs is 1. The molecule has 1 heterocycles. The van der Waals surface area contributed by atoms with Crippen molar-refractivity contribution in [1.29, 1.82) is 0 Å². The minimum Gasteiger partial charge on any atom is -0.497 e. The molecule has 174 valence electrons. The van der Waals surface area contributed by atoms with Crippen molar-refractivity contribution < 1.29 is 22.7 Å². The number of nitrogens with one attached hydrogen (secondary N) is 1. The van der Waals surface area contributed by atoms with Crippen LogP contribution in [0.2, 0.25) is 0 Å².